The van der Waals surface area contributed by atoms with E-state index in [1.807, 2.05) is 19.2 Å². The summed E-state index contributed by atoms with van der Waals surface area (Å²) < 4.78 is 5.64. The van der Waals surface area contributed by atoms with Crippen molar-refractivity contribution in [2.45, 2.75) is 46.6 Å². The van der Waals surface area contributed by atoms with Gasteiger partial charge in [-0.05, 0) is 32.9 Å². The molecule has 0 bridgehead atoms. The number of aryl methyl sites for hydroxylation is 1. The monoisotopic (exact) mass is 482 g/mol. The summed E-state index contributed by atoms with van der Waals surface area (Å²) in [6, 6.07) is 8.22. The average molecular weight is 482 g/mol. The van der Waals surface area contributed by atoms with Gasteiger partial charge in [-0.3, -0.25) is 4.99 Å². The molecule has 1 aliphatic rings. The number of guanidine groups is 1. The second kappa shape index (κ2) is 8.20. The Morgan fingerprint density at radius 2 is 1.89 bits per heavy atom. The van der Waals surface area contributed by atoms with Crippen LogP contribution in [-0.2, 0) is 6.42 Å². The molecule has 0 amide bonds. The number of hydrogen-bond acceptors (Lipinski definition) is 3. The Kier molecular flexibility index (Phi) is 6.60. The van der Waals surface area contributed by atoms with Crippen LogP contribution in [0.4, 0.5) is 0 Å². The summed E-state index contributed by atoms with van der Waals surface area (Å²) in [6.45, 7) is 13.0. The minimum absolute atomic E-state index is 0. The van der Waals surface area contributed by atoms with Crippen LogP contribution in [0.2, 0.25) is 0 Å². The third-order valence-corrected chi connectivity index (χ3v) is 5.87. The second-order valence-corrected chi connectivity index (χ2v) is 8.26. The van der Waals surface area contributed by atoms with Gasteiger partial charge in [-0.1, -0.05) is 31.5 Å². The molecule has 5 nitrogen and oxygen atoms in total. The van der Waals surface area contributed by atoms with Crippen LogP contribution in [0.1, 0.15) is 39.0 Å². The molecule has 2 aromatic rings. The van der Waals surface area contributed by atoms with Crippen LogP contribution in [0.3, 0.4) is 0 Å². The van der Waals surface area contributed by atoms with E-state index in [9.17, 15) is 0 Å². The van der Waals surface area contributed by atoms with Crippen LogP contribution >= 0.6 is 24.0 Å². The molecule has 0 radical (unpaired) electrons. The zero-order valence-electron chi connectivity index (χ0n) is 17.2. The van der Waals surface area contributed by atoms with E-state index in [0.29, 0.717) is 11.3 Å². The lowest BCUT2D eigenvalue weighted by Gasteiger charge is -2.62. The van der Waals surface area contributed by atoms with E-state index in [-0.39, 0.29) is 29.5 Å². The fraction of sp³-hybridized carbons (Fsp3) is 0.524. The summed E-state index contributed by atoms with van der Waals surface area (Å²) in [5.74, 6) is 1.63. The van der Waals surface area contributed by atoms with Crippen LogP contribution in [0.5, 0.6) is 0 Å². The van der Waals surface area contributed by atoms with Gasteiger partial charge >= 0.3 is 0 Å². The van der Waals surface area contributed by atoms with Crippen LogP contribution in [0, 0.1) is 12.3 Å². The molecule has 0 spiro atoms. The van der Waals surface area contributed by atoms with Gasteiger partial charge in [0.1, 0.15) is 6.26 Å². The summed E-state index contributed by atoms with van der Waals surface area (Å²) in [7, 11) is 1.84. The van der Waals surface area contributed by atoms with Crippen molar-refractivity contribution < 1.29 is 4.42 Å². The van der Waals surface area contributed by atoms with Gasteiger partial charge in [0, 0.05) is 43.1 Å². The van der Waals surface area contributed by atoms with Gasteiger partial charge < -0.3 is 14.6 Å². The number of nitrogens with zero attached hydrogens (tertiary/aromatic N) is 3. The highest BCUT2D eigenvalue weighted by Crippen LogP contribution is 2.46. The van der Waals surface area contributed by atoms with Gasteiger partial charge in [-0.2, -0.15) is 0 Å². The SMILES string of the molecule is CN=C(NCCc1coc(-c2ccc(C)cc2)n1)N1CC(C)(C)C1(C)C.I. The number of aromatic nitrogens is 1. The van der Waals surface area contributed by atoms with E-state index in [4.69, 9.17) is 4.42 Å². The molecule has 2 heterocycles. The van der Waals surface area contributed by atoms with Crippen LogP contribution in [0.25, 0.3) is 11.5 Å². The van der Waals surface area contributed by atoms with Gasteiger partial charge in [0.05, 0.1) is 5.69 Å². The molecule has 0 unspecified atom stereocenters. The van der Waals surface area contributed by atoms with E-state index < -0.39 is 0 Å². The summed E-state index contributed by atoms with van der Waals surface area (Å²) in [6.07, 6.45) is 2.54. The fourth-order valence-electron chi connectivity index (χ4n) is 3.25. The lowest BCUT2D eigenvalue weighted by atomic mass is 9.65. The molecule has 1 aromatic heterocycles. The first-order valence-corrected chi connectivity index (χ1v) is 9.24. The van der Waals surface area contributed by atoms with Gasteiger partial charge in [-0.15, -0.1) is 24.0 Å². The maximum absolute atomic E-state index is 5.64. The Morgan fingerprint density at radius 1 is 1.22 bits per heavy atom. The summed E-state index contributed by atoms with van der Waals surface area (Å²) in [4.78, 5) is 11.4. The average Bonchev–Trinajstić information content (AvgIpc) is 3.06. The Balaban J connectivity index is 0.00000261. The largest absolute Gasteiger partial charge is 0.444 e. The molecule has 148 valence electrons. The topological polar surface area (TPSA) is 53.7 Å². The van der Waals surface area contributed by atoms with Crippen LogP contribution in [-0.4, -0.2) is 41.5 Å². The zero-order chi connectivity index (χ0) is 18.9. The normalized spacial score (nSPS) is 17.9. The summed E-state index contributed by atoms with van der Waals surface area (Å²) >= 11 is 0. The molecule has 1 fully saturated rings. The molecular weight excluding hydrogens is 451 g/mol. The smallest absolute Gasteiger partial charge is 0.226 e. The lowest BCUT2D eigenvalue weighted by Crippen LogP contribution is -2.72. The first-order valence-electron chi connectivity index (χ1n) is 9.24. The van der Waals surface area contributed by atoms with Gasteiger partial charge in [0.25, 0.3) is 0 Å². The Labute approximate surface area is 179 Å². The number of oxazole rings is 1. The van der Waals surface area contributed by atoms with Crippen molar-refractivity contribution in [3.8, 4) is 11.5 Å². The third-order valence-electron chi connectivity index (χ3n) is 5.87. The maximum atomic E-state index is 5.64. The Hall–Kier alpha value is -1.57. The number of rotatable bonds is 4. The molecule has 6 heteroatoms. The van der Waals surface area contributed by atoms with Crippen LogP contribution < -0.4 is 5.32 Å². The standard InChI is InChI=1S/C21H30N4O.HI/c1-15-7-9-16(10-8-15)18-24-17(13-26-18)11-12-23-19(22-6)25-14-20(2,3)21(25,4)5;/h7-10,13H,11-12,14H2,1-6H3,(H,22,23);1H. The lowest BCUT2D eigenvalue weighted by molar-refractivity contribution is -0.0666. The summed E-state index contributed by atoms with van der Waals surface area (Å²) in [5, 5.41) is 3.46. The predicted molar refractivity (Wildman–Crippen MR) is 122 cm³/mol. The summed E-state index contributed by atoms with van der Waals surface area (Å²) in [5.41, 5.74) is 3.58. The third kappa shape index (κ3) is 4.31. The van der Waals surface area contributed by atoms with Crippen molar-refractivity contribution in [2.75, 3.05) is 20.1 Å². The highest BCUT2D eigenvalue weighted by molar-refractivity contribution is 14.0. The number of halogens is 1. The van der Waals surface area contributed by atoms with Crippen molar-refractivity contribution in [1.82, 2.24) is 15.2 Å². The molecule has 3 rings (SSSR count). The Morgan fingerprint density at radius 3 is 2.44 bits per heavy atom. The number of benzene rings is 1. The fourth-order valence-corrected chi connectivity index (χ4v) is 3.25. The van der Waals surface area contributed by atoms with Crippen molar-refractivity contribution >= 4 is 29.9 Å². The minimum atomic E-state index is 0. The first kappa shape index (κ1) is 21.7. The Bertz CT molecular complexity index is 793. The highest BCUT2D eigenvalue weighted by atomic mass is 127. The van der Waals surface area contributed by atoms with Gasteiger partial charge in [0.2, 0.25) is 5.89 Å². The molecule has 1 aliphatic heterocycles. The zero-order valence-corrected chi connectivity index (χ0v) is 19.5. The molecule has 1 N–H and O–H groups in total. The molecular formula is C21H31IN4O. The molecule has 27 heavy (non-hydrogen) atoms. The second-order valence-electron chi connectivity index (χ2n) is 8.26. The number of nitrogens with one attached hydrogen (secondary N) is 1. The molecule has 0 saturated carbocycles. The first-order chi connectivity index (χ1) is 12.2. The van der Waals surface area contributed by atoms with Crippen molar-refractivity contribution in [2.24, 2.45) is 10.4 Å². The predicted octanol–water partition coefficient (Wildman–Crippen LogP) is 4.51. The van der Waals surface area contributed by atoms with E-state index in [1.54, 1.807) is 6.26 Å². The van der Waals surface area contributed by atoms with E-state index in [2.05, 4.69) is 66.9 Å². The van der Waals surface area contributed by atoms with Crippen molar-refractivity contribution in [3.05, 3.63) is 41.8 Å². The van der Waals surface area contributed by atoms with Crippen molar-refractivity contribution in [1.29, 1.82) is 0 Å². The quantitative estimate of drug-likeness (QED) is 0.396. The number of aliphatic imine (C=N–C) groups is 1. The van der Waals surface area contributed by atoms with Gasteiger partial charge in [0.15, 0.2) is 5.96 Å². The minimum Gasteiger partial charge on any atom is -0.444 e. The molecule has 0 aliphatic carbocycles. The van der Waals surface area contributed by atoms with E-state index >= 15 is 0 Å². The number of hydrogen-bond donors (Lipinski definition) is 1. The van der Waals surface area contributed by atoms with Gasteiger partial charge in [-0.25, -0.2) is 4.98 Å². The number of likely N-dealkylation sites (tertiary alicyclic amines) is 1. The molecule has 1 aromatic carbocycles. The molecule has 1 saturated heterocycles. The maximum Gasteiger partial charge on any atom is 0.226 e. The van der Waals surface area contributed by atoms with E-state index in [1.165, 1.54) is 5.56 Å². The van der Waals surface area contributed by atoms with Crippen molar-refractivity contribution in [3.63, 3.8) is 0 Å². The molecule has 0 atom stereocenters. The van der Waals surface area contributed by atoms with Crippen LogP contribution in [0.15, 0.2) is 39.9 Å². The van der Waals surface area contributed by atoms with E-state index in [0.717, 1.165) is 36.7 Å². The highest BCUT2D eigenvalue weighted by Gasteiger charge is 2.53.